The van der Waals surface area contributed by atoms with Crippen molar-refractivity contribution < 1.29 is 0 Å². The molecule has 0 radical (unpaired) electrons. The third kappa shape index (κ3) is 4.26. The monoisotopic (exact) mass is 374 g/mol. The van der Waals surface area contributed by atoms with Crippen molar-refractivity contribution in [3.8, 4) is 0 Å². The third-order valence-corrected chi connectivity index (χ3v) is 4.66. The topological polar surface area (TPSA) is 61.1 Å². The fourth-order valence-electron chi connectivity index (χ4n) is 3.24. The average Bonchev–Trinajstić information content (AvgIpc) is 2.79. The van der Waals surface area contributed by atoms with Crippen molar-refractivity contribution in [2.75, 3.05) is 0 Å². The molecule has 0 saturated heterocycles. The normalized spacial score (nSPS) is 10.1. The molecule has 4 aromatic rings. The Hall–Kier alpha value is -4.10. The molecule has 0 amide bonds. The minimum atomic E-state index is 0.244. The Balaban J connectivity index is 1.91. The maximum absolute atomic E-state index is 8.76. The van der Waals surface area contributed by atoms with E-state index in [-0.39, 0.29) is 6.54 Å². The zero-order valence-electron chi connectivity index (χ0n) is 15.7. The van der Waals surface area contributed by atoms with Crippen LogP contribution in [0.1, 0.15) is 16.7 Å². The van der Waals surface area contributed by atoms with Gasteiger partial charge in [0.05, 0.1) is 17.8 Å². The van der Waals surface area contributed by atoms with Crippen molar-refractivity contribution in [1.29, 1.82) is 0 Å². The standard InChI is InChI=1S/C25H18N4/c26-29-28-17-23-15-21-13-7-8-14-22(21)16-25(23)27-18-24(19-9-3-1-4-10-19)20-11-5-2-6-12-20/h1-16H,17H2. The van der Waals surface area contributed by atoms with Gasteiger partial charge in [0.15, 0.2) is 0 Å². The van der Waals surface area contributed by atoms with Gasteiger partial charge in [-0.2, -0.15) is 0 Å². The van der Waals surface area contributed by atoms with Crippen LogP contribution in [-0.2, 0) is 6.54 Å². The molecule has 0 atom stereocenters. The zero-order valence-corrected chi connectivity index (χ0v) is 15.7. The fraction of sp³-hybridized carbons (Fsp3) is 0.0400. The first-order valence-electron chi connectivity index (χ1n) is 9.32. The van der Waals surface area contributed by atoms with Crippen molar-refractivity contribution in [2.45, 2.75) is 6.54 Å². The van der Waals surface area contributed by atoms with E-state index in [0.717, 1.165) is 38.7 Å². The molecular formula is C25H18N4. The van der Waals surface area contributed by atoms with Gasteiger partial charge in [0.1, 0.15) is 0 Å². The number of hydrogen-bond acceptors (Lipinski definition) is 2. The lowest BCUT2D eigenvalue weighted by Gasteiger charge is -2.07. The molecule has 0 unspecified atom stereocenters. The average molecular weight is 374 g/mol. The van der Waals surface area contributed by atoms with Crippen LogP contribution in [0.15, 0.2) is 107 Å². The summed E-state index contributed by atoms with van der Waals surface area (Å²) < 4.78 is 0. The van der Waals surface area contributed by atoms with E-state index >= 15 is 0 Å². The van der Waals surface area contributed by atoms with Crippen LogP contribution in [-0.4, -0.2) is 5.87 Å². The summed E-state index contributed by atoms with van der Waals surface area (Å²) in [5, 5.41) is 5.91. The van der Waals surface area contributed by atoms with Gasteiger partial charge in [-0.1, -0.05) is 90.0 Å². The zero-order chi connectivity index (χ0) is 19.9. The van der Waals surface area contributed by atoms with E-state index in [1.807, 2.05) is 97.1 Å². The van der Waals surface area contributed by atoms with Gasteiger partial charge in [0.2, 0.25) is 0 Å². The largest absolute Gasteiger partial charge is 0.205 e. The predicted octanol–water partition coefficient (Wildman–Crippen LogP) is 7.08. The fourth-order valence-corrected chi connectivity index (χ4v) is 3.24. The van der Waals surface area contributed by atoms with Crippen LogP contribution < -0.4 is 0 Å². The van der Waals surface area contributed by atoms with E-state index in [1.54, 1.807) is 0 Å². The van der Waals surface area contributed by atoms with Crippen molar-refractivity contribution in [3.05, 3.63) is 124 Å². The minimum absolute atomic E-state index is 0.244. The Morgan fingerprint density at radius 1 is 0.759 bits per heavy atom. The molecule has 4 rings (SSSR count). The number of nitrogens with zero attached hydrogens (tertiary/aromatic N) is 4. The summed E-state index contributed by atoms with van der Waals surface area (Å²) in [6, 6.07) is 32.3. The van der Waals surface area contributed by atoms with Crippen molar-refractivity contribution >= 4 is 27.9 Å². The molecule has 0 bridgehead atoms. The molecule has 0 spiro atoms. The van der Waals surface area contributed by atoms with E-state index in [2.05, 4.69) is 15.9 Å². The number of hydrogen-bond donors (Lipinski definition) is 0. The first-order chi connectivity index (χ1) is 14.3. The first-order valence-corrected chi connectivity index (χ1v) is 9.32. The lowest BCUT2D eigenvalue weighted by Crippen LogP contribution is -1.89. The molecule has 0 fully saturated rings. The molecule has 0 saturated carbocycles. The van der Waals surface area contributed by atoms with Gasteiger partial charge in [-0.3, -0.25) is 0 Å². The minimum Gasteiger partial charge on any atom is -0.205 e. The Kier molecular flexibility index (Phi) is 5.50. The van der Waals surface area contributed by atoms with Gasteiger partial charge in [0, 0.05) is 4.91 Å². The second-order valence-electron chi connectivity index (χ2n) is 6.55. The highest BCUT2D eigenvalue weighted by molar-refractivity contribution is 6.00. The maximum Gasteiger partial charge on any atom is 0.0769 e. The van der Waals surface area contributed by atoms with Gasteiger partial charge in [-0.05, 0) is 51.0 Å². The maximum atomic E-state index is 8.76. The van der Waals surface area contributed by atoms with E-state index < -0.39 is 0 Å². The van der Waals surface area contributed by atoms with E-state index in [1.165, 1.54) is 0 Å². The molecule has 0 heterocycles. The Bertz CT molecular complexity index is 1210. The second-order valence-corrected chi connectivity index (χ2v) is 6.55. The van der Waals surface area contributed by atoms with E-state index in [4.69, 9.17) is 10.5 Å². The highest BCUT2D eigenvalue weighted by Crippen LogP contribution is 2.28. The van der Waals surface area contributed by atoms with Crippen molar-refractivity contribution in [1.82, 2.24) is 0 Å². The molecule has 4 nitrogen and oxygen atoms in total. The van der Waals surface area contributed by atoms with Crippen LogP contribution in [0.5, 0.6) is 0 Å². The summed E-state index contributed by atoms with van der Waals surface area (Å²) >= 11 is 0. The van der Waals surface area contributed by atoms with Gasteiger partial charge in [-0.25, -0.2) is 4.99 Å². The SMILES string of the molecule is [N-]=[N+]=NCc1cc2ccccc2cc1N=C=C(c1ccccc1)c1ccccc1. The Morgan fingerprint density at radius 2 is 1.31 bits per heavy atom. The van der Waals surface area contributed by atoms with Crippen molar-refractivity contribution in [2.24, 2.45) is 10.1 Å². The molecule has 4 aromatic carbocycles. The molecule has 0 aliphatic carbocycles. The first kappa shape index (κ1) is 18.3. The van der Waals surface area contributed by atoms with Crippen LogP contribution in [0.2, 0.25) is 0 Å². The van der Waals surface area contributed by atoms with Crippen LogP contribution in [0.25, 0.3) is 26.8 Å². The molecule has 29 heavy (non-hydrogen) atoms. The summed E-state index contributed by atoms with van der Waals surface area (Å²) in [6.07, 6.45) is 0. The van der Waals surface area contributed by atoms with Crippen LogP contribution in [0.4, 0.5) is 5.69 Å². The van der Waals surface area contributed by atoms with Gasteiger partial charge < -0.3 is 0 Å². The van der Waals surface area contributed by atoms with Crippen molar-refractivity contribution in [3.63, 3.8) is 0 Å². The van der Waals surface area contributed by atoms with E-state index in [0.29, 0.717) is 0 Å². The summed E-state index contributed by atoms with van der Waals surface area (Å²) in [4.78, 5) is 7.59. The number of rotatable bonds is 5. The van der Waals surface area contributed by atoms with Crippen LogP contribution in [0, 0.1) is 0 Å². The highest BCUT2D eigenvalue weighted by Gasteiger charge is 2.06. The smallest absolute Gasteiger partial charge is 0.0769 e. The number of benzene rings is 4. The lowest BCUT2D eigenvalue weighted by molar-refractivity contribution is 1.05. The second kappa shape index (κ2) is 8.73. The molecule has 0 aliphatic heterocycles. The molecular weight excluding hydrogens is 356 g/mol. The predicted molar refractivity (Wildman–Crippen MR) is 119 cm³/mol. The number of aliphatic imine (C=N–C) groups is 1. The quantitative estimate of drug-likeness (QED) is 0.155. The number of azide groups is 1. The summed E-state index contributed by atoms with van der Waals surface area (Å²) in [5.74, 6) is 3.26. The highest BCUT2D eigenvalue weighted by atomic mass is 15.1. The van der Waals surface area contributed by atoms with Crippen LogP contribution in [0.3, 0.4) is 0 Å². The molecule has 138 valence electrons. The molecule has 0 aliphatic rings. The molecule has 0 aromatic heterocycles. The van der Waals surface area contributed by atoms with Gasteiger partial charge in [-0.15, -0.1) is 0 Å². The number of fused-ring (bicyclic) bond motifs is 1. The molecule has 0 N–H and O–H groups in total. The third-order valence-electron chi connectivity index (χ3n) is 4.66. The van der Waals surface area contributed by atoms with Gasteiger partial charge >= 0.3 is 0 Å². The molecule has 4 heteroatoms. The summed E-state index contributed by atoms with van der Waals surface area (Å²) in [5.41, 5.74) is 13.4. The summed E-state index contributed by atoms with van der Waals surface area (Å²) in [6.45, 7) is 0.244. The Labute approximate surface area is 169 Å². The summed E-state index contributed by atoms with van der Waals surface area (Å²) in [7, 11) is 0. The van der Waals surface area contributed by atoms with Gasteiger partial charge in [0.25, 0.3) is 0 Å². The lowest BCUT2D eigenvalue weighted by atomic mass is 9.99. The van der Waals surface area contributed by atoms with E-state index in [9.17, 15) is 0 Å². The van der Waals surface area contributed by atoms with Crippen LogP contribution >= 0.6 is 0 Å². The Morgan fingerprint density at radius 3 is 1.90 bits per heavy atom.